The van der Waals surface area contributed by atoms with Crippen molar-refractivity contribution in [3.63, 3.8) is 0 Å². The highest BCUT2D eigenvalue weighted by atomic mass is 19.1. The fraction of sp³-hybridized carbons (Fsp3) is 0.0667. The highest BCUT2D eigenvalue weighted by molar-refractivity contribution is 6.01. The van der Waals surface area contributed by atoms with Gasteiger partial charge >= 0.3 is 0 Å². The van der Waals surface area contributed by atoms with Crippen LogP contribution < -0.4 is 5.43 Å². The van der Waals surface area contributed by atoms with Crippen LogP contribution in [0, 0.1) is 15.9 Å². The lowest BCUT2D eigenvalue weighted by Gasteiger charge is -2.03. The van der Waals surface area contributed by atoms with Crippen molar-refractivity contribution < 1.29 is 14.1 Å². The Kier molecular flexibility index (Phi) is 4.57. The predicted molar refractivity (Wildman–Crippen MR) is 79.2 cm³/mol. The molecule has 0 unspecified atom stereocenters. The minimum absolute atomic E-state index is 0.0662. The number of nitro benzene ring substituents is 1. The first-order valence-corrected chi connectivity index (χ1v) is 6.32. The van der Waals surface area contributed by atoms with Gasteiger partial charge in [0.15, 0.2) is 0 Å². The van der Waals surface area contributed by atoms with Crippen molar-refractivity contribution in [1.82, 2.24) is 5.43 Å². The van der Waals surface area contributed by atoms with E-state index < -0.39 is 16.6 Å². The van der Waals surface area contributed by atoms with Crippen molar-refractivity contribution in [1.29, 1.82) is 0 Å². The Hall–Kier alpha value is -3.09. The molecule has 0 atom stereocenters. The third-order valence-corrected chi connectivity index (χ3v) is 2.89. The molecule has 0 radical (unpaired) electrons. The number of carbonyl (C=O) groups is 1. The summed E-state index contributed by atoms with van der Waals surface area (Å²) in [6.07, 6.45) is 0. The number of non-ortho nitro benzene ring substituents is 1. The van der Waals surface area contributed by atoms with Crippen LogP contribution in [0.4, 0.5) is 10.1 Å². The van der Waals surface area contributed by atoms with Crippen LogP contribution in [0.1, 0.15) is 22.8 Å². The maximum atomic E-state index is 13.0. The predicted octanol–water partition coefficient (Wildman–Crippen LogP) is 2.89. The first kappa shape index (κ1) is 15.3. The molecule has 0 fully saturated rings. The fourth-order valence-corrected chi connectivity index (χ4v) is 1.74. The van der Waals surface area contributed by atoms with Crippen molar-refractivity contribution >= 4 is 17.3 Å². The summed E-state index contributed by atoms with van der Waals surface area (Å²) in [6.45, 7) is 1.60. The molecule has 0 heterocycles. The third-order valence-electron chi connectivity index (χ3n) is 2.89. The highest BCUT2D eigenvalue weighted by Crippen LogP contribution is 2.13. The Morgan fingerprint density at radius 2 is 1.86 bits per heavy atom. The number of halogens is 1. The van der Waals surface area contributed by atoms with Crippen LogP contribution in [0.5, 0.6) is 0 Å². The van der Waals surface area contributed by atoms with E-state index >= 15 is 0 Å². The Labute approximate surface area is 125 Å². The molecule has 22 heavy (non-hydrogen) atoms. The molecule has 6 nitrogen and oxygen atoms in total. The normalized spacial score (nSPS) is 11.1. The largest absolute Gasteiger partial charge is 0.271 e. The third kappa shape index (κ3) is 3.72. The number of nitrogens with zero attached hydrogens (tertiary/aromatic N) is 2. The number of benzene rings is 2. The lowest BCUT2D eigenvalue weighted by molar-refractivity contribution is -0.384. The van der Waals surface area contributed by atoms with Crippen LogP contribution in [-0.2, 0) is 0 Å². The SMILES string of the molecule is C/C(=N/NC(=O)c1cccc(F)c1)c1cccc([N+](=O)[O-])c1. The molecule has 0 spiro atoms. The van der Waals surface area contributed by atoms with Gasteiger partial charge in [0, 0.05) is 23.3 Å². The monoisotopic (exact) mass is 301 g/mol. The molecular weight excluding hydrogens is 289 g/mol. The second-order valence-corrected chi connectivity index (χ2v) is 4.46. The summed E-state index contributed by atoms with van der Waals surface area (Å²) in [5.41, 5.74) is 3.26. The second-order valence-electron chi connectivity index (χ2n) is 4.46. The summed E-state index contributed by atoms with van der Waals surface area (Å²) >= 11 is 0. The van der Waals surface area contributed by atoms with E-state index in [0.29, 0.717) is 11.3 Å². The smallest absolute Gasteiger partial charge is 0.267 e. The van der Waals surface area contributed by atoms with Gasteiger partial charge in [-0.2, -0.15) is 5.10 Å². The summed E-state index contributed by atoms with van der Waals surface area (Å²) in [6, 6.07) is 11.1. The highest BCUT2D eigenvalue weighted by Gasteiger charge is 2.09. The first-order chi connectivity index (χ1) is 10.5. The molecule has 0 aromatic heterocycles. The number of nitro groups is 1. The summed E-state index contributed by atoms with van der Waals surface area (Å²) < 4.78 is 13.0. The van der Waals surface area contributed by atoms with Gasteiger partial charge in [0.05, 0.1) is 10.6 Å². The minimum atomic E-state index is -0.565. The molecule has 2 rings (SSSR count). The number of nitrogens with one attached hydrogen (secondary N) is 1. The van der Waals surface area contributed by atoms with Crippen LogP contribution in [0.2, 0.25) is 0 Å². The average molecular weight is 301 g/mol. The Balaban J connectivity index is 2.14. The van der Waals surface area contributed by atoms with Gasteiger partial charge in [-0.3, -0.25) is 14.9 Å². The van der Waals surface area contributed by atoms with E-state index in [1.165, 1.54) is 36.4 Å². The molecule has 2 aromatic carbocycles. The zero-order valence-corrected chi connectivity index (χ0v) is 11.6. The maximum Gasteiger partial charge on any atom is 0.271 e. The lowest BCUT2D eigenvalue weighted by Crippen LogP contribution is -2.19. The molecule has 0 saturated carbocycles. The van der Waals surface area contributed by atoms with Crippen LogP contribution in [0.25, 0.3) is 0 Å². The van der Waals surface area contributed by atoms with E-state index in [9.17, 15) is 19.3 Å². The molecule has 2 aromatic rings. The van der Waals surface area contributed by atoms with Gasteiger partial charge in [0.25, 0.3) is 11.6 Å². The van der Waals surface area contributed by atoms with Crippen LogP contribution in [0.15, 0.2) is 53.6 Å². The van der Waals surface area contributed by atoms with Gasteiger partial charge in [0.2, 0.25) is 0 Å². The molecule has 1 N–H and O–H groups in total. The number of hydrazone groups is 1. The number of hydrogen-bond donors (Lipinski definition) is 1. The van der Waals surface area contributed by atoms with Gasteiger partial charge in [-0.25, -0.2) is 9.82 Å². The Morgan fingerprint density at radius 3 is 2.55 bits per heavy atom. The number of rotatable bonds is 4. The van der Waals surface area contributed by atoms with E-state index in [1.807, 2.05) is 0 Å². The molecule has 0 aliphatic heterocycles. The minimum Gasteiger partial charge on any atom is -0.267 e. The van der Waals surface area contributed by atoms with Gasteiger partial charge in [-0.05, 0) is 25.1 Å². The summed E-state index contributed by atoms with van der Waals surface area (Å²) in [4.78, 5) is 22.0. The van der Waals surface area contributed by atoms with Crippen LogP contribution in [0.3, 0.4) is 0 Å². The van der Waals surface area contributed by atoms with E-state index in [-0.39, 0.29) is 11.3 Å². The molecule has 0 aliphatic rings. The van der Waals surface area contributed by atoms with E-state index in [1.54, 1.807) is 13.0 Å². The fourth-order valence-electron chi connectivity index (χ4n) is 1.74. The van der Waals surface area contributed by atoms with Crippen molar-refractivity contribution in [2.24, 2.45) is 5.10 Å². The van der Waals surface area contributed by atoms with E-state index in [2.05, 4.69) is 10.5 Å². The first-order valence-electron chi connectivity index (χ1n) is 6.32. The second kappa shape index (κ2) is 6.57. The van der Waals surface area contributed by atoms with Crippen molar-refractivity contribution in [3.05, 3.63) is 75.6 Å². The molecule has 7 heteroatoms. The molecule has 0 saturated heterocycles. The summed E-state index contributed by atoms with van der Waals surface area (Å²) in [5, 5.41) is 14.6. The van der Waals surface area contributed by atoms with Crippen molar-refractivity contribution in [3.8, 4) is 0 Å². The number of amides is 1. The zero-order valence-electron chi connectivity index (χ0n) is 11.6. The van der Waals surface area contributed by atoms with Crippen LogP contribution in [-0.4, -0.2) is 16.5 Å². The quantitative estimate of drug-likeness (QED) is 0.535. The zero-order chi connectivity index (χ0) is 16.1. The van der Waals surface area contributed by atoms with E-state index in [0.717, 1.165) is 6.07 Å². The Bertz CT molecular complexity index is 759. The molecular formula is C15H12FN3O3. The van der Waals surface area contributed by atoms with E-state index in [4.69, 9.17) is 0 Å². The topological polar surface area (TPSA) is 84.6 Å². The summed E-state index contributed by atoms with van der Waals surface area (Å²) in [7, 11) is 0. The lowest BCUT2D eigenvalue weighted by atomic mass is 10.1. The average Bonchev–Trinajstić information content (AvgIpc) is 2.52. The van der Waals surface area contributed by atoms with Gasteiger partial charge in [0.1, 0.15) is 5.82 Å². The van der Waals surface area contributed by atoms with Gasteiger partial charge in [-0.1, -0.05) is 18.2 Å². The maximum absolute atomic E-state index is 13.0. The van der Waals surface area contributed by atoms with Crippen LogP contribution >= 0.6 is 0 Å². The molecule has 0 aliphatic carbocycles. The standard InChI is InChI=1S/C15H12FN3O3/c1-10(11-4-3-7-14(9-11)19(21)22)17-18-15(20)12-5-2-6-13(16)8-12/h2-9H,1H3,(H,18,20)/b17-10-. The molecule has 0 bridgehead atoms. The number of hydrogen-bond acceptors (Lipinski definition) is 4. The number of carbonyl (C=O) groups excluding carboxylic acids is 1. The van der Waals surface area contributed by atoms with Crippen molar-refractivity contribution in [2.45, 2.75) is 6.92 Å². The summed E-state index contributed by atoms with van der Waals surface area (Å²) in [5.74, 6) is -1.09. The Morgan fingerprint density at radius 1 is 1.18 bits per heavy atom. The van der Waals surface area contributed by atoms with Gasteiger partial charge < -0.3 is 0 Å². The molecule has 112 valence electrons. The molecule has 1 amide bonds. The van der Waals surface area contributed by atoms with Gasteiger partial charge in [-0.15, -0.1) is 0 Å². The van der Waals surface area contributed by atoms with Crippen molar-refractivity contribution in [2.75, 3.05) is 0 Å².